The van der Waals surface area contributed by atoms with E-state index in [2.05, 4.69) is 217 Å². The fourth-order valence-electron chi connectivity index (χ4n) is 8.91. The Morgan fingerprint density at radius 3 is 1.46 bits per heavy atom. The van der Waals surface area contributed by atoms with Crippen LogP contribution in [0.2, 0.25) is 0 Å². The molecule has 274 valence electrons. The Morgan fingerprint density at radius 2 is 0.746 bits per heavy atom. The number of hydrogen-bond donors (Lipinski definition) is 0. The minimum Gasteiger partial charge on any atom is -0.278 e. The number of rotatable bonds is 5. The van der Waals surface area contributed by atoms with Crippen molar-refractivity contribution in [2.24, 2.45) is 0 Å². The molecule has 0 fully saturated rings. The molecular weight excluding hydrogens is 715 g/mol. The Morgan fingerprint density at radius 1 is 0.271 bits per heavy atom. The Labute approximate surface area is 341 Å². The minimum absolute atomic E-state index is 0.645. The third-order valence-corrected chi connectivity index (χ3v) is 11.9. The van der Waals surface area contributed by atoms with E-state index in [4.69, 9.17) is 9.97 Å². The van der Waals surface area contributed by atoms with Gasteiger partial charge in [0.25, 0.3) is 0 Å². The van der Waals surface area contributed by atoms with Crippen LogP contribution in [0.1, 0.15) is 0 Å². The molecule has 0 aliphatic heterocycles. The van der Waals surface area contributed by atoms with Crippen LogP contribution in [-0.4, -0.2) is 14.5 Å². The molecule has 12 aromatic rings. The second-order valence-corrected chi connectivity index (χ2v) is 15.5. The summed E-state index contributed by atoms with van der Waals surface area (Å²) in [7, 11) is 0. The van der Waals surface area contributed by atoms with Crippen LogP contribution in [0, 0.1) is 0 Å². The second kappa shape index (κ2) is 13.4. The highest BCUT2D eigenvalue weighted by atomic mass is 15.2. The van der Waals surface area contributed by atoms with Gasteiger partial charge in [0.05, 0.1) is 22.2 Å². The summed E-state index contributed by atoms with van der Waals surface area (Å²) in [5, 5.41) is 10.6. The molecule has 0 spiro atoms. The maximum absolute atomic E-state index is 5.58. The van der Waals surface area contributed by atoms with E-state index in [1.54, 1.807) is 0 Å². The molecule has 3 nitrogen and oxygen atoms in total. The zero-order chi connectivity index (χ0) is 38.9. The van der Waals surface area contributed by atoms with E-state index in [9.17, 15) is 0 Å². The number of hydrogen-bond acceptors (Lipinski definition) is 2. The Balaban J connectivity index is 1.10. The van der Waals surface area contributed by atoms with E-state index in [1.807, 2.05) is 0 Å². The Kier molecular flexibility index (Phi) is 7.54. The summed E-state index contributed by atoms with van der Waals surface area (Å²) in [6.45, 7) is 0. The van der Waals surface area contributed by atoms with Crippen molar-refractivity contribution in [1.29, 1.82) is 0 Å². The zero-order valence-electron chi connectivity index (χ0n) is 32.0. The molecule has 12 rings (SSSR count). The van der Waals surface area contributed by atoms with Crippen LogP contribution in [-0.2, 0) is 0 Å². The fraction of sp³-hybridized carbons (Fsp3) is 0. The van der Waals surface area contributed by atoms with Crippen molar-refractivity contribution in [3.05, 3.63) is 212 Å². The van der Waals surface area contributed by atoms with Gasteiger partial charge in [-0.15, -0.1) is 0 Å². The van der Waals surface area contributed by atoms with Gasteiger partial charge in [-0.2, -0.15) is 0 Å². The van der Waals surface area contributed by atoms with E-state index in [1.165, 1.54) is 59.8 Å². The van der Waals surface area contributed by atoms with Gasteiger partial charge < -0.3 is 0 Å². The van der Waals surface area contributed by atoms with Crippen molar-refractivity contribution >= 4 is 65.0 Å². The molecule has 0 radical (unpaired) electrons. The molecule has 3 heteroatoms. The molecule has 0 aliphatic rings. The predicted molar refractivity (Wildman–Crippen MR) is 248 cm³/mol. The average Bonchev–Trinajstić information content (AvgIpc) is 3.62. The first-order chi connectivity index (χ1) is 29.2. The van der Waals surface area contributed by atoms with Crippen molar-refractivity contribution in [3.8, 4) is 50.6 Å². The second-order valence-electron chi connectivity index (χ2n) is 15.5. The van der Waals surface area contributed by atoms with Gasteiger partial charge in [0.2, 0.25) is 5.95 Å². The van der Waals surface area contributed by atoms with Gasteiger partial charge in [-0.25, -0.2) is 9.97 Å². The molecule has 0 saturated carbocycles. The molecule has 0 atom stereocenters. The number of nitrogens with zero attached hydrogens (tertiary/aromatic N) is 3. The molecule has 59 heavy (non-hydrogen) atoms. The molecule has 0 unspecified atom stereocenters. The highest BCUT2D eigenvalue weighted by molar-refractivity contribution is 6.14. The maximum Gasteiger partial charge on any atom is 0.235 e. The molecule has 0 bridgehead atoms. The first-order valence-electron chi connectivity index (χ1n) is 20.1. The first-order valence-corrected chi connectivity index (χ1v) is 20.1. The summed E-state index contributed by atoms with van der Waals surface area (Å²) < 4.78 is 2.28. The molecule has 0 N–H and O–H groups in total. The summed E-state index contributed by atoms with van der Waals surface area (Å²) in [6.07, 6.45) is 0. The van der Waals surface area contributed by atoms with E-state index in [0.29, 0.717) is 5.95 Å². The Bertz CT molecular complexity index is 3600. The van der Waals surface area contributed by atoms with Crippen LogP contribution < -0.4 is 0 Å². The van der Waals surface area contributed by atoms with Gasteiger partial charge in [0, 0.05) is 21.7 Å². The van der Waals surface area contributed by atoms with Crippen molar-refractivity contribution in [2.75, 3.05) is 0 Å². The molecular formula is C56H35N3. The van der Waals surface area contributed by atoms with Gasteiger partial charge in [-0.1, -0.05) is 170 Å². The van der Waals surface area contributed by atoms with Gasteiger partial charge in [0.1, 0.15) is 0 Å². The van der Waals surface area contributed by atoms with Crippen molar-refractivity contribution in [1.82, 2.24) is 14.5 Å². The van der Waals surface area contributed by atoms with E-state index in [-0.39, 0.29) is 0 Å². The van der Waals surface area contributed by atoms with Crippen LogP contribution in [0.5, 0.6) is 0 Å². The summed E-state index contributed by atoms with van der Waals surface area (Å²) in [5.74, 6) is 0.645. The SMILES string of the molecule is c1ccc(-c2ccc(-c3ccc4nc(-n5c6cc(-c7ccc8ccccc8c7)ccc6c6cc7ccccc7cc65)nc(-c5ccc6ccccc6c5)c4c3)cc2)cc1. The third kappa shape index (κ3) is 5.67. The largest absolute Gasteiger partial charge is 0.278 e. The minimum atomic E-state index is 0.645. The maximum atomic E-state index is 5.58. The molecule has 0 aliphatic carbocycles. The molecule has 0 saturated heterocycles. The predicted octanol–water partition coefficient (Wildman–Crippen LogP) is 14.9. The highest BCUT2D eigenvalue weighted by Gasteiger charge is 2.20. The van der Waals surface area contributed by atoms with Crippen molar-refractivity contribution in [2.45, 2.75) is 0 Å². The first kappa shape index (κ1) is 33.3. The van der Waals surface area contributed by atoms with Crippen LogP contribution in [0.15, 0.2) is 212 Å². The summed E-state index contributed by atoms with van der Waals surface area (Å²) in [4.78, 5) is 11.0. The average molecular weight is 750 g/mol. The van der Waals surface area contributed by atoms with Gasteiger partial charge in [-0.3, -0.25) is 4.57 Å². The summed E-state index contributed by atoms with van der Waals surface area (Å²) in [5.41, 5.74) is 12.0. The molecule has 2 aromatic heterocycles. The topological polar surface area (TPSA) is 30.7 Å². The monoisotopic (exact) mass is 749 g/mol. The highest BCUT2D eigenvalue weighted by Crippen LogP contribution is 2.39. The van der Waals surface area contributed by atoms with Crippen molar-refractivity contribution in [3.63, 3.8) is 0 Å². The lowest BCUT2D eigenvalue weighted by Crippen LogP contribution is -2.04. The number of aromatic nitrogens is 3. The zero-order valence-corrected chi connectivity index (χ0v) is 32.0. The van der Waals surface area contributed by atoms with Gasteiger partial charge in [0.15, 0.2) is 0 Å². The lowest BCUT2D eigenvalue weighted by atomic mass is 9.97. The number of fused-ring (bicyclic) bond motifs is 7. The summed E-state index contributed by atoms with van der Waals surface area (Å²) >= 11 is 0. The standard InChI is InChI=1S/C56H35N3/c1-2-10-36(11-3-1)39-18-20-40(21-19-39)46-27-29-52-51(33-46)55(48-25-23-38-13-5-7-15-42(38)31-48)58-56(57-52)59-53-35-47(45-24-22-37-12-4-6-14-41(37)30-45)26-28-49(53)50-32-43-16-8-9-17-44(43)34-54(50)59/h1-35H. The van der Waals surface area contributed by atoms with Crippen LogP contribution >= 0.6 is 0 Å². The quantitative estimate of drug-likeness (QED) is 0.175. The molecule has 10 aromatic carbocycles. The van der Waals surface area contributed by atoms with E-state index < -0.39 is 0 Å². The van der Waals surface area contributed by atoms with Crippen LogP contribution in [0.25, 0.3) is 116 Å². The van der Waals surface area contributed by atoms with Gasteiger partial charge in [-0.05, 0) is 108 Å². The summed E-state index contributed by atoms with van der Waals surface area (Å²) in [6, 6.07) is 76.5. The Hall–Kier alpha value is -7.88. The van der Waals surface area contributed by atoms with Crippen LogP contribution in [0.3, 0.4) is 0 Å². The lowest BCUT2D eigenvalue weighted by Gasteiger charge is -2.14. The molecule has 2 heterocycles. The lowest BCUT2D eigenvalue weighted by molar-refractivity contribution is 1.01. The van der Waals surface area contributed by atoms with Crippen LogP contribution in [0.4, 0.5) is 0 Å². The van der Waals surface area contributed by atoms with E-state index >= 15 is 0 Å². The van der Waals surface area contributed by atoms with E-state index in [0.717, 1.165) is 49.9 Å². The third-order valence-electron chi connectivity index (χ3n) is 11.9. The van der Waals surface area contributed by atoms with Crippen molar-refractivity contribution < 1.29 is 0 Å². The normalized spacial score (nSPS) is 11.7. The fourth-order valence-corrected chi connectivity index (χ4v) is 8.91. The van der Waals surface area contributed by atoms with Gasteiger partial charge >= 0.3 is 0 Å². The smallest absolute Gasteiger partial charge is 0.235 e. The number of benzene rings is 10. The molecule has 0 amide bonds.